The molecular weight excluding hydrogens is 393 g/mol. The van der Waals surface area contributed by atoms with Crippen molar-refractivity contribution in [2.45, 2.75) is 25.0 Å². The molecule has 4 N–H and O–H groups in total. The number of likely N-dealkylation sites (N-methyl/N-ethyl adjacent to an activating group) is 1. The summed E-state index contributed by atoms with van der Waals surface area (Å²) >= 11 is 0. The second-order valence-corrected chi connectivity index (χ2v) is 8.42. The van der Waals surface area contributed by atoms with E-state index in [1.165, 1.54) is 12.6 Å². The minimum atomic E-state index is -3.23. The number of nitrogens with one attached hydrogen (secondary N) is 2. The Morgan fingerprint density at radius 2 is 1.72 bits per heavy atom. The van der Waals surface area contributed by atoms with Crippen molar-refractivity contribution in [2.24, 2.45) is 0 Å². The number of fused-ring (bicyclic) bond motifs is 1. The van der Waals surface area contributed by atoms with Crippen LogP contribution in [0.5, 0.6) is 0 Å². The van der Waals surface area contributed by atoms with Crippen molar-refractivity contribution in [2.75, 3.05) is 27.7 Å². The first kappa shape index (κ1) is 27.2. The molecule has 2 aromatic rings. The number of aromatic amines is 1. The molecule has 1 aromatic carbocycles. The van der Waals surface area contributed by atoms with Crippen molar-refractivity contribution >= 4 is 51.7 Å². The summed E-state index contributed by atoms with van der Waals surface area (Å²) in [5.74, 6) is -2.14. The number of aliphatic carboxylic acids is 2. The van der Waals surface area contributed by atoms with E-state index >= 15 is 0 Å². The van der Waals surface area contributed by atoms with Crippen molar-refractivity contribution in [3.05, 3.63) is 35.5 Å². The number of carboxylic acid groups (broad SMARTS) is 2. The van der Waals surface area contributed by atoms with E-state index in [9.17, 15) is 18.0 Å². The summed E-state index contributed by atoms with van der Waals surface area (Å²) in [6.45, 7) is 0.964. The van der Waals surface area contributed by atoms with Crippen molar-refractivity contribution in [3.63, 3.8) is 0 Å². The Balaban J connectivity index is 0.000000747. The van der Waals surface area contributed by atoms with Gasteiger partial charge >= 0.3 is 30.8 Å². The summed E-state index contributed by atoms with van der Waals surface area (Å²) in [6.07, 6.45) is 2.35. The average molecular weight is 421 g/mol. The van der Waals surface area contributed by atoms with Gasteiger partial charge < -0.3 is 20.1 Å². The van der Waals surface area contributed by atoms with E-state index in [1.807, 2.05) is 38.5 Å². The minimum absolute atomic E-state index is 0. The Hall–Kier alpha value is -1.83. The van der Waals surface area contributed by atoms with E-state index in [1.54, 1.807) is 0 Å². The van der Waals surface area contributed by atoms with E-state index in [4.69, 9.17) is 10.2 Å². The molecule has 0 aliphatic rings. The molecule has 0 spiro atoms. The number of carbonyl (C=O) groups is 2. The molecule has 1 heterocycles. The Morgan fingerprint density at radius 3 is 2.21 bits per heavy atom. The maximum atomic E-state index is 11.6. The van der Waals surface area contributed by atoms with Gasteiger partial charge in [-0.2, -0.15) is 0 Å². The first-order chi connectivity index (χ1) is 13.0. The molecule has 1 aromatic heterocycles. The Labute approximate surface area is 182 Å². The van der Waals surface area contributed by atoms with Crippen LogP contribution in [0.15, 0.2) is 24.4 Å². The molecule has 11 heteroatoms. The molecule has 0 bridgehead atoms. The molecule has 29 heavy (non-hydrogen) atoms. The Kier molecular flexibility index (Phi) is 11.9. The fourth-order valence-corrected chi connectivity index (χ4v) is 3.13. The molecular formula is C18H28LiN3O6S. The molecule has 0 aliphatic heterocycles. The fourth-order valence-electron chi connectivity index (χ4n) is 2.37. The van der Waals surface area contributed by atoms with Crippen molar-refractivity contribution in [1.82, 2.24) is 14.6 Å². The number of rotatable bonds is 9. The van der Waals surface area contributed by atoms with Gasteiger partial charge in [-0.3, -0.25) is 9.59 Å². The third-order valence-electron chi connectivity index (χ3n) is 3.88. The monoisotopic (exact) mass is 421 g/mol. The molecule has 0 aliphatic carbocycles. The van der Waals surface area contributed by atoms with Crippen LogP contribution in [0.4, 0.5) is 0 Å². The van der Waals surface area contributed by atoms with E-state index in [0.29, 0.717) is 0 Å². The van der Waals surface area contributed by atoms with Gasteiger partial charge in [0.15, 0.2) is 0 Å². The first-order valence-corrected chi connectivity index (χ1v) is 10.3. The average Bonchev–Trinajstić information content (AvgIpc) is 3.00. The van der Waals surface area contributed by atoms with Crippen molar-refractivity contribution in [1.29, 1.82) is 0 Å². The fraction of sp³-hybridized carbons (Fsp3) is 0.444. The van der Waals surface area contributed by atoms with E-state index in [0.717, 1.165) is 29.4 Å². The van der Waals surface area contributed by atoms with E-state index in [2.05, 4.69) is 14.6 Å². The van der Waals surface area contributed by atoms with Gasteiger partial charge in [0, 0.05) is 23.6 Å². The molecule has 0 fully saturated rings. The Morgan fingerprint density at radius 1 is 1.14 bits per heavy atom. The van der Waals surface area contributed by atoms with Crippen molar-refractivity contribution < 1.29 is 28.2 Å². The SMILES string of the molecule is CNS(=O)(=O)Cc1ccc2[nH]cc(CCN(C)C)c2c1.O=C(O)CCC(=O)O.[LiH]. The van der Waals surface area contributed by atoms with Crippen LogP contribution in [0.1, 0.15) is 24.0 Å². The topological polar surface area (TPSA) is 140 Å². The van der Waals surface area contributed by atoms with Gasteiger partial charge in [0.2, 0.25) is 10.0 Å². The number of nitrogens with zero attached hydrogens (tertiary/aromatic N) is 1. The van der Waals surface area contributed by atoms with Crippen LogP contribution in [-0.2, 0) is 31.8 Å². The molecule has 0 atom stereocenters. The third-order valence-corrected chi connectivity index (χ3v) is 5.22. The number of sulfonamides is 1. The van der Waals surface area contributed by atoms with Gasteiger partial charge in [-0.25, -0.2) is 13.1 Å². The number of carboxylic acids is 2. The van der Waals surface area contributed by atoms with Gasteiger partial charge in [0.25, 0.3) is 0 Å². The van der Waals surface area contributed by atoms with E-state index < -0.39 is 22.0 Å². The standard InChI is InChI=1S/C14H21N3O2S.C4H6O4.Li.H/c1-15-20(18,19)10-11-4-5-14-13(8-11)12(9-16-14)6-7-17(2)3;5-3(6)1-2-4(7)8;;/h4-5,8-9,15-16H,6-7,10H2,1-3H3;1-2H2,(H,5,6)(H,7,8);;. The second-order valence-electron chi connectivity index (χ2n) is 6.50. The van der Waals surface area contributed by atoms with Crippen LogP contribution >= 0.6 is 0 Å². The zero-order valence-electron chi connectivity index (χ0n) is 16.2. The summed E-state index contributed by atoms with van der Waals surface area (Å²) in [7, 11) is 2.29. The first-order valence-electron chi connectivity index (χ1n) is 8.62. The predicted octanol–water partition coefficient (Wildman–Crippen LogP) is 0.609. The molecule has 158 valence electrons. The predicted molar refractivity (Wildman–Crippen MR) is 114 cm³/mol. The van der Waals surface area contributed by atoms with Crippen LogP contribution in [0, 0.1) is 0 Å². The Bertz CT molecular complexity index is 897. The second kappa shape index (κ2) is 12.7. The van der Waals surface area contributed by atoms with Gasteiger partial charge in [-0.1, -0.05) is 6.07 Å². The summed E-state index contributed by atoms with van der Waals surface area (Å²) in [4.78, 5) is 24.6. The molecule has 0 saturated heterocycles. The van der Waals surface area contributed by atoms with Crippen LogP contribution in [-0.4, -0.2) is 87.0 Å². The van der Waals surface area contributed by atoms with Gasteiger partial charge in [-0.15, -0.1) is 0 Å². The zero-order valence-corrected chi connectivity index (χ0v) is 17.0. The third kappa shape index (κ3) is 10.5. The van der Waals surface area contributed by atoms with Crippen LogP contribution < -0.4 is 4.72 Å². The molecule has 0 saturated carbocycles. The normalized spacial score (nSPS) is 10.9. The number of benzene rings is 1. The zero-order chi connectivity index (χ0) is 21.3. The van der Waals surface area contributed by atoms with E-state index in [-0.39, 0.29) is 37.5 Å². The van der Waals surface area contributed by atoms with Gasteiger partial charge in [0.1, 0.15) is 0 Å². The van der Waals surface area contributed by atoms with Crippen LogP contribution in [0.25, 0.3) is 10.9 Å². The summed E-state index contributed by atoms with van der Waals surface area (Å²) in [6, 6.07) is 5.75. The number of H-pyrrole nitrogens is 1. The molecule has 0 amide bonds. The summed E-state index contributed by atoms with van der Waals surface area (Å²) in [5, 5.41) is 16.9. The number of hydrogen-bond donors (Lipinski definition) is 4. The summed E-state index contributed by atoms with van der Waals surface area (Å²) in [5.41, 5.74) is 3.07. The number of aromatic nitrogens is 1. The molecule has 0 radical (unpaired) electrons. The maximum absolute atomic E-state index is 11.6. The van der Waals surface area contributed by atoms with Crippen molar-refractivity contribution in [3.8, 4) is 0 Å². The summed E-state index contributed by atoms with van der Waals surface area (Å²) < 4.78 is 25.6. The number of hydrogen-bond acceptors (Lipinski definition) is 5. The van der Waals surface area contributed by atoms with Crippen LogP contribution in [0.3, 0.4) is 0 Å². The quantitative estimate of drug-likeness (QED) is 0.435. The van der Waals surface area contributed by atoms with Gasteiger partial charge in [0.05, 0.1) is 18.6 Å². The van der Waals surface area contributed by atoms with Crippen LogP contribution in [0.2, 0.25) is 0 Å². The molecule has 9 nitrogen and oxygen atoms in total. The van der Waals surface area contributed by atoms with Gasteiger partial charge in [-0.05, 0) is 50.8 Å². The molecule has 0 unspecified atom stereocenters. The molecule has 2 rings (SSSR count).